The van der Waals surface area contributed by atoms with Gasteiger partial charge in [0.1, 0.15) is 36.6 Å². The van der Waals surface area contributed by atoms with Crippen LogP contribution in [0.3, 0.4) is 0 Å². The highest BCUT2D eigenvalue weighted by molar-refractivity contribution is 5.70. The minimum absolute atomic E-state index is 0.00235. The number of esters is 1. The molecule has 0 radical (unpaired) electrons. The fourth-order valence-corrected chi connectivity index (χ4v) is 9.91. The van der Waals surface area contributed by atoms with Gasteiger partial charge in [-0.25, -0.2) is 0 Å². The van der Waals surface area contributed by atoms with Crippen molar-refractivity contribution in [1.82, 2.24) is 0 Å². The summed E-state index contributed by atoms with van der Waals surface area (Å²) < 4.78 is 58.5. The van der Waals surface area contributed by atoms with E-state index in [2.05, 4.69) is 27.0 Å². The first kappa shape index (κ1) is 39.7. The molecule has 13 heteroatoms. The molecule has 0 aromatic heterocycles. The van der Waals surface area contributed by atoms with Crippen molar-refractivity contribution in [2.24, 2.45) is 11.7 Å². The Hall–Kier alpha value is -1.49. The molecular formula is C40H63NO12. The van der Waals surface area contributed by atoms with Crippen LogP contribution < -0.4 is 5.73 Å². The number of aliphatic hydroxyl groups excluding tert-OH is 2. The average Bonchev–Trinajstić information content (AvgIpc) is 3.63. The number of aliphatic hydroxyl groups is 2. The molecule has 9 bridgehead atoms. The van der Waals surface area contributed by atoms with E-state index in [0.29, 0.717) is 32.1 Å². The number of ether oxygens (including phenoxy) is 9. The summed E-state index contributed by atoms with van der Waals surface area (Å²) in [6.45, 7) is 13.4. The van der Waals surface area contributed by atoms with Gasteiger partial charge in [-0.15, -0.1) is 0 Å². The van der Waals surface area contributed by atoms with Crippen molar-refractivity contribution in [2.45, 2.75) is 195 Å². The van der Waals surface area contributed by atoms with E-state index >= 15 is 0 Å². The van der Waals surface area contributed by atoms with Crippen LogP contribution in [0.2, 0.25) is 0 Å². The van der Waals surface area contributed by atoms with Gasteiger partial charge in [0.15, 0.2) is 11.9 Å². The van der Waals surface area contributed by atoms with Crippen LogP contribution in [0.25, 0.3) is 0 Å². The van der Waals surface area contributed by atoms with E-state index in [0.717, 1.165) is 49.7 Å². The van der Waals surface area contributed by atoms with Crippen LogP contribution in [-0.4, -0.2) is 134 Å². The van der Waals surface area contributed by atoms with Gasteiger partial charge >= 0.3 is 5.97 Å². The molecule has 7 saturated heterocycles. The number of fused-ring (bicyclic) bond motifs is 8. The highest BCUT2D eigenvalue weighted by atomic mass is 16.7. The van der Waals surface area contributed by atoms with Crippen LogP contribution in [0.1, 0.15) is 97.3 Å². The van der Waals surface area contributed by atoms with E-state index in [1.54, 1.807) is 7.11 Å². The quantitative estimate of drug-likeness (QED) is 0.268. The fraction of sp³-hybridized carbons (Fsp3) is 0.875. The third-order valence-corrected chi connectivity index (χ3v) is 12.9. The Bertz CT molecular complexity index is 1300. The van der Waals surface area contributed by atoms with Gasteiger partial charge in [-0.3, -0.25) is 4.79 Å². The van der Waals surface area contributed by atoms with Crippen LogP contribution >= 0.6 is 0 Å². The second-order valence-corrected chi connectivity index (χ2v) is 16.7. The first-order chi connectivity index (χ1) is 25.5. The highest BCUT2D eigenvalue weighted by Crippen LogP contribution is 2.44. The zero-order valence-corrected chi connectivity index (χ0v) is 31.8. The van der Waals surface area contributed by atoms with Crippen molar-refractivity contribution in [3.8, 4) is 0 Å². The number of rotatable bonds is 6. The molecule has 13 nitrogen and oxygen atoms in total. The monoisotopic (exact) mass is 749 g/mol. The maximum Gasteiger partial charge on any atom is 0.308 e. The van der Waals surface area contributed by atoms with Gasteiger partial charge in [-0.1, -0.05) is 33.4 Å². The Labute approximate surface area is 314 Å². The molecule has 7 heterocycles. The normalized spacial score (nSPS) is 47.3. The molecule has 0 amide bonds. The molecular weight excluding hydrogens is 686 g/mol. The number of hydrogen-bond acceptors (Lipinski definition) is 13. The predicted molar refractivity (Wildman–Crippen MR) is 192 cm³/mol. The number of nitrogens with two attached hydrogens (primary N) is 1. The molecule has 17 atom stereocenters. The third kappa shape index (κ3) is 8.61. The summed E-state index contributed by atoms with van der Waals surface area (Å²) in [4.78, 5) is 13.8. The standard InChI is InChI=1S/C40H63NO12/c1-6-12-40-13-11-27-15-22(3)28(47-27)9-7-25-14-21(2)23(4)30(48-25)18-32-38(36(45-5)31(51-32)16-24(42)19-41)52-34(43)17-26-8-10-29-37(49-26)39(53-40)35(44)33(50-29)20-46-40/h21,24-33,35-39,42,44H,3-4,6-20,41H2,1-2,5H3/t21-,24+,25+,26-,27+,28+,29+,30-,31-,32+,33+,35?,36+,37+,38+,39-,40-/m1/s1. The average molecular weight is 750 g/mol. The van der Waals surface area contributed by atoms with E-state index < -0.39 is 72.8 Å². The van der Waals surface area contributed by atoms with Gasteiger partial charge in [0.05, 0.1) is 61.9 Å². The molecule has 0 aliphatic carbocycles. The molecule has 0 saturated carbocycles. The van der Waals surface area contributed by atoms with Crippen LogP contribution in [0.5, 0.6) is 0 Å². The number of methoxy groups -OCH3 is 1. The highest BCUT2D eigenvalue weighted by Gasteiger charge is 2.55. The van der Waals surface area contributed by atoms with Crippen molar-refractivity contribution in [1.29, 1.82) is 0 Å². The zero-order valence-electron chi connectivity index (χ0n) is 31.8. The molecule has 1 unspecified atom stereocenters. The lowest BCUT2D eigenvalue weighted by atomic mass is 9.84. The summed E-state index contributed by atoms with van der Waals surface area (Å²) >= 11 is 0. The van der Waals surface area contributed by atoms with Crippen LogP contribution in [0, 0.1) is 5.92 Å². The van der Waals surface area contributed by atoms with Crippen molar-refractivity contribution >= 4 is 5.97 Å². The molecule has 300 valence electrons. The van der Waals surface area contributed by atoms with Crippen LogP contribution in [-0.2, 0) is 47.4 Å². The Kier molecular flexibility index (Phi) is 12.7. The molecule has 7 aliphatic heterocycles. The van der Waals surface area contributed by atoms with Gasteiger partial charge in [-0.05, 0) is 62.0 Å². The first-order valence-electron chi connectivity index (χ1n) is 20.2. The van der Waals surface area contributed by atoms with Gasteiger partial charge in [0, 0.05) is 39.3 Å². The second-order valence-electron chi connectivity index (χ2n) is 16.7. The minimum Gasteiger partial charge on any atom is -0.457 e. The second kappa shape index (κ2) is 16.9. The predicted octanol–water partition coefficient (Wildman–Crippen LogP) is 3.40. The SMILES string of the molecule is C=C1C[C@@H]2CC[C@]3(CCC)OC[C@@H]4O[C@H]5CC[C@H](CC(=O)O[C@@H]6[C@@H](OC)[C@@H](C[C@H](O)CN)O[C@H]6C[C@H]6O[C@@H](CC[C@@H]1O2)C[C@@H](C)C6=C)O[C@@H]5[C@H](O3)C4O. The molecule has 0 aromatic rings. The summed E-state index contributed by atoms with van der Waals surface area (Å²) in [5.41, 5.74) is 7.86. The summed E-state index contributed by atoms with van der Waals surface area (Å²) in [5.74, 6) is -1.16. The molecule has 7 aliphatic rings. The zero-order chi connectivity index (χ0) is 37.4. The van der Waals surface area contributed by atoms with E-state index in [9.17, 15) is 15.0 Å². The van der Waals surface area contributed by atoms with E-state index in [1.807, 2.05) is 0 Å². The molecule has 53 heavy (non-hydrogen) atoms. The van der Waals surface area contributed by atoms with Gasteiger partial charge < -0.3 is 58.6 Å². The van der Waals surface area contributed by atoms with E-state index in [4.69, 9.17) is 48.4 Å². The molecule has 4 N–H and O–H groups in total. The summed E-state index contributed by atoms with van der Waals surface area (Å²) in [7, 11) is 1.56. The maximum atomic E-state index is 13.8. The molecule has 0 spiro atoms. The van der Waals surface area contributed by atoms with Crippen LogP contribution in [0.4, 0.5) is 0 Å². The maximum absolute atomic E-state index is 13.8. The Morgan fingerprint density at radius 3 is 2.45 bits per heavy atom. The number of hydrogen-bond donors (Lipinski definition) is 3. The Morgan fingerprint density at radius 1 is 0.906 bits per heavy atom. The lowest BCUT2D eigenvalue weighted by Gasteiger charge is -2.47. The smallest absolute Gasteiger partial charge is 0.308 e. The summed E-state index contributed by atoms with van der Waals surface area (Å²) in [6, 6.07) is 0. The topological polar surface area (TPSA) is 167 Å². The molecule has 7 rings (SSSR count). The largest absolute Gasteiger partial charge is 0.457 e. The minimum atomic E-state index is -0.947. The fourth-order valence-electron chi connectivity index (χ4n) is 9.91. The van der Waals surface area contributed by atoms with E-state index in [-0.39, 0.29) is 62.4 Å². The lowest BCUT2D eigenvalue weighted by Crippen LogP contribution is -2.62. The molecule has 7 fully saturated rings. The number of carbonyl (C=O) groups is 1. The first-order valence-corrected chi connectivity index (χ1v) is 20.2. The van der Waals surface area contributed by atoms with Crippen molar-refractivity contribution in [3.63, 3.8) is 0 Å². The van der Waals surface area contributed by atoms with Gasteiger partial charge in [0.25, 0.3) is 0 Å². The Balaban J connectivity index is 1.16. The van der Waals surface area contributed by atoms with Crippen molar-refractivity contribution in [3.05, 3.63) is 24.3 Å². The molecule has 0 aromatic carbocycles. The number of carbonyl (C=O) groups excluding carboxylic acids is 1. The Morgan fingerprint density at radius 2 is 1.68 bits per heavy atom. The van der Waals surface area contributed by atoms with Crippen molar-refractivity contribution < 1.29 is 57.6 Å². The lowest BCUT2D eigenvalue weighted by molar-refractivity contribution is -0.303. The van der Waals surface area contributed by atoms with Gasteiger partial charge in [-0.2, -0.15) is 0 Å². The van der Waals surface area contributed by atoms with E-state index in [1.165, 1.54) is 0 Å². The summed E-state index contributed by atoms with van der Waals surface area (Å²) in [6.07, 6.45) is 0.631. The third-order valence-electron chi connectivity index (χ3n) is 12.9. The summed E-state index contributed by atoms with van der Waals surface area (Å²) in [5, 5.41) is 22.0. The van der Waals surface area contributed by atoms with Gasteiger partial charge in [0.2, 0.25) is 0 Å². The van der Waals surface area contributed by atoms with Crippen molar-refractivity contribution in [2.75, 3.05) is 20.3 Å². The van der Waals surface area contributed by atoms with Crippen LogP contribution in [0.15, 0.2) is 24.3 Å².